The van der Waals surface area contributed by atoms with Crippen LogP contribution >= 0.6 is 35.6 Å². The molecule has 0 bridgehead atoms. The van der Waals surface area contributed by atoms with Crippen molar-refractivity contribution in [3.8, 4) is 0 Å². The maximum atomic E-state index is 12.8. The molecule has 1 N–H and O–H groups in total. The number of likely N-dealkylation sites (tertiary alicyclic amines) is 1. The van der Waals surface area contributed by atoms with Gasteiger partial charge in [-0.3, -0.25) is 4.79 Å². The Balaban J connectivity index is 0.00000341. The molecular weight excluding hydrogens is 525 g/mol. The average Bonchev–Trinajstić information content (AvgIpc) is 3.07. The van der Waals surface area contributed by atoms with Crippen LogP contribution in [-0.4, -0.2) is 52.9 Å². The number of benzene rings is 1. The molecule has 1 aromatic carbocycles. The SMILES string of the molecule is CCNC(=NCc1cccc(C(=O)N2CCCCC2)c1)N(C)Cc1cc(Cl)cn1C.I. The Hall–Kier alpha value is -1.74. The topological polar surface area (TPSA) is 52.9 Å². The lowest BCUT2D eigenvalue weighted by atomic mass is 10.1. The summed E-state index contributed by atoms with van der Waals surface area (Å²) in [6.45, 7) is 5.77. The number of carbonyl (C=O) groups excluding carboxylic acids is 1. The van der Waals surface area contributed by atoms with Gasteiger partial charge in [0.1, 0.15) is 0 Å². The Morgan fingerprint density at radius 1 is 1.23 bits per heavy atom. The van der Waals surface area contributed by atoms with Gasteiger partial charge in [0.05, 0.1) is 18.1 Å². The molecule has 1 amide bonds. The molecule has 0 atom stereocenters. The maximum absolute atomic E-state index is 12.8. The Kier molecular flexibility index (Phi) is 10.2. The van der Waals surface area contributed by atoms with E-state index in [1.165, 1.54) is 6.42 Å². The van der Waals surface area contributed by atoms with E-state index in [0.29, 0.717) is 13.1 Å². The zero-order chi connectivity index (χ0) is 21.5. The van der Waals surface area contributed by atoms with Gasteiger partial charge in [-0.05, 0) is 49.9 Å². The highest BCUT2D eigenvalue weighted by atomic mass is 127. The van der Waals surface area contributed by atoms with Crippen LogP contribution < -0.4 is 5.32 Å². The van der Waals surface area contributed by atoms with E-state index in [2.05, 4.69) is 17.1 Å². The highest BCUT2D eigenvalue weighted by Gasteiger charge is 2.18. The smallest absolute Gasteiger partial charge is 0.253 e. The fourth-order valence-corrected chi connectivity index (χ4v) is 4.03. The van der Waals surface area contributed by atoms with Crippen LogP contribution in [0, 0.1) is 0 Å². The summed E-state index contributed by atoms with van der Waals surface area (Å²) >= 11 is 6.11. The summed E-state index contributed by atoms with van der Waals surface area (Å²) in [5, 5.41) is 4.08. The monoisotopic (exact) mass is 557 g/mol. The minimum Gasteiger partial charge on any atom is -0.357 e. The molecule has 0 unspecified atom stereocenters. The molecule has 0 spiro atoms. The molecule has 2 aromatic rings. The lowest BCUT2D eigenvalue weighted by Gasteiger charge is -2.26. The second-order valence-corrected chi connectivity index (χ2v) is 8.28. The third-order valence-corrected chi connectivity index (χ3v) is 5.61. The summed E-state index contributed by atoms with van der Waals surface area (Å²) < 4.78 is 2.03. The van der Waals surface area contributed by atoms with Crippen molar-refractivity contribution in [1.29, 1.82) is 0 Å². The van der Waals surface area contributed by atoms with Gasteiger partial charge >= 0.3 is 0 Å². The highest BCUT2D eigenvalue weighted by molar-refractivity contribution is 14.0. The number of hydrogen-bond acceptors (Lipinski definition) is 2. The van der Waals surface area contributed by atoms with Crippen LogP contribution in [-0.2, 0) is 20.1 Å². The number of guanidine groups is 1. The van der Waals surface area contributed by atoms with E-state index in [1.54, 1.807) is 0 Å². The van der Waals surface area contributed by atoms with Crippen molar-refractivity contribution < 1.29 is 4.79 Å². The van der Waals surface area contributed by atoms with E-state index in [9.17, 15) is 4.79 Å². The highest BCUT2D eigenvalue weighted by Crippen LogP contribution is 2.16. The van der Waals surface area contributed by atoms with Gasteiger partial charge in [-0.1, -0.05) is 23.7 Å². The van der Waals surface area contributed by atoms with E-state index < -0.39 is 0 Å². The van der Waals surface area contributed by atoms with Gasteiger partial charge in [-0.25, -0.2) is 4.99 Å². The molecule has 1 aliphatic heterocycles. The molecular formula is C23H33ClIN5O. The third kappa shape index (κ3) is 7.14. The molecule has 1 aliphatic rings. The molecule has 31 heavy (non-hydrogen) atoms. The predicted molar refractivity (Wildman–Crippen MR) is 138 cm³/mol. The van der Waals surface area contributed by atoms with Crippen molar-refractivity contribution in [3.63, 3.8) is 0 Å². The van der Waals surface area contributed by atoms with Gasteiger partial charge in [-0.2, -0.15) is 0 Å². The molecule has 2 heterocycles. The first kappa shape index (κ1) is 25.5. The van der Waals surface area contributed by atoms with E-state index in [-0.39, 0.29) is 29.9 Å². The van der Waals surface area contributed by atoms with Crippen LogP contribution in [0.5, 0.6) is 0 Å². The van der Waals surface area contributed by atoms with Crippen LogP contribution in [0.25, 0.3) is 0 Å². The fourth-order valence-electron chi connectivity index (χ4n) is 3.76. The summed E-state index contributed by atoms with van der Waals surface area (Å²) in [5.74, 6) is 0.952. The number of nitrogens with one attached hydrogen (secondary N) is 1. The van der Waals surface area contributed by atoms with Crippen LogP contribution in [0.1, 0.15) is 47.8 Å². The van der Waals surface area contributed by atoms with Crippen LogP contribution in [0.2, 0.25) is 5.02 Å². The molecule has 3 rings (SSSR count). The number of rotatable bonds is 6. The number of nitrogens with zero attached hydrogens (tertiary/aromatic N) is 4. The van der Waals surface area contributed by atoms with Crippen LogP contribution in [0.4, 0.5) is 0 Å². The van der Waals surface area contributed by atoms with Crippen LogP contribution in [0.15, 0.2) is 41.5 Å². The van der Waals surface area contributed by atoms with Crippen LogP contribution in [0.3, 0.4) is 0 Å². The number of piperidine rings is 1. The summed E-state index contributed by atoms with van der Waals surface area (Å²) in [4.78, 5) is 21.6. The number of halogens is 2. The molecule has 0 radical (unpaired) electrons. The van der Waals surface area contributed by atoms with Crippen molar-refractivity contribution in [2.75, 3.05) is 26.7 Å². The Bertz CT molecular complexity index is 892. The first-order valence-electron chi connectivity index (χ1n) is 10.7. The van der Waals surface area contributed by atoms with Gasteiger partial charge in [0.2, 0.25) is 0 Å². The number of aryl methyl sites for hydroxylation is 1. The van der Waals surface area contributed by atoms with E-state index in [4.69, 9.17) is 16.6 Å². The zero-order valence-electron chi connectivity index (χ0n) is 18.6. The lowest BCUT2D eigenvalue weighted by Crippen LogP contribution is -2.38. The van der Waals surface area contributed by atoms with Gasteiger partial charge in [0.25, 0.3) is 5.91 Å². The van der Waals surface area contributed by atoms with Gasteiger partial charge in [0.15, 0.2) is 5.96 Å². The zero-order valence-corrected chi connectivity index (χ0v) is 21.7. The number of aromatic nitrogens is 1. The standard InChI is InChI=1S/C23H32ClN5O.HI/c1-4-25-23(28(3)17-21-14-20(24)16-27(21)2)26-15-18-9-8-10-19(13-18)22(30)29-11-6-5-7-12-29;/h8-10,13-14,16H,4-7,11-12,15,17H2,1-3H3,(H,25,26);1H. The fraction of sp³-hybridized carbons (Fsp3) is 0.478. The van der Waals surface area contributed by atoms with Crippen molar-refractivity contribution in [2.45, 2.75) is 39.3 Å². The first-order chi connectivity index (χ1) is 14.5. The third-order valence-electron chi connectivity index (χ3n) is 5.40. The maximum Gasteiger partial charge on any atom is 0.253 e. The van der Waals surface area contributed by atoms with Crippen molar-refractivity contribution in [1.82, 2.24) is 19.7 Å². The van der Waals surface area contributed by atoms with E-state index in [1.807, 2.05) is 60.1 Å². The Morgan fingerprint density at radius 2 is 1.97 bits per heavy atom. The molecule has 1 saturated heterocycles. The van der Waals surface area contributed by atoms with E-state index >= 15 is 0 Å². The van der Waals surface area contributed by atoms with Gasteiger partial charge < -0.3 is 19.7 Å². The first-order valence-corrected chi connectivity index (χ1v) is 11.0. The molecule has 6 nitrogen and oxygen atoms in total. The minimum atomic E-state index is 0. The van der Waals surface area contributed by atoms with Gasteiger partial charge in [-0.15, -0.1) is 24.0 Å². The predicted octanol–water partition coefficient (Wildman–Crippen LogP) is 4.52. The van der Waals surface area contributed by atoms with Crippen molar-refractivity contribution >= 4 is 47.4 Å². The number of hydrogen-bond donors (Lipinski definition) is 1. The van der Waals surface area contributed by atoms with Crippen molar-refractivity contribution in [3.05, 3.63) is 58.4 Å². The normalized spacial score (nSPS) is 14.2. The van der Waals surface area contributed by atoms with Crippen molar-refractivity contribution in [2.24, 2.45) is 12.0 Å². The second kappa shape index (κ2) is 12.3. The Morgan fingerprint density at radius 3 is 2.61 bits per heavy atom. The molecule has 1 fully saturated rings. The second-order valence-electron chi connectivity index (χ2n) is 7.84. The summed E-state index contributed by atoms with van der Waals surface area (Å²) in [7, 11) is 4.00. The largest absolute Gasteiger partial charge is 0.357 e. The van der Waals surface area contributed by atoms with Gasteiger partial charge in [0, 0.05) is 51.2 Å². The molecule has 0 aliphatic carbocycles. The molecule has 8 heteroatoms. The molecule has 170 valence electrons. The summed E-state index contributed by atoms with van der Waals surface area (Å²) in [6, 6.07) is 9.82. The summed E-state index contributed by atoms with van der Waals surface area (Å²) in [5.41, 5.74) is 2.90. The molecule has 1 aromatic heterocycles. The average molecular weight is 558 g/mol. The number of aliphatic imine (C=N–C) groups is 1. The Labute approximate surface area is 207 Å². The number of carbonyl (C=O) groups is 1. The minimum absolute atomic E-state index is 0. The number of amides is 1. The van der Waals surface area contributed by atoms with E-state index in [0.717, 1.165) is 60.3 Å². The lowest BCUT2D eigenvalue weighted by molar-refractivity contribution is 0.0724. The summed E-state index contributed by atoms with van der Waals surface area (Å²) in [6.07, 6.45) is 5.31. The quantitative estimate of drug-likeness (QED) is 0.323. The molecule has 0 saturated carbocycles.